The molecule has 1 spiro atoms. The number of benzene rings is 2. The van der Waals surface area contributed by atoms with Gasteiger partial charge in [0.1, 0.15) is 0 Å². The van der Waals surface area contributed by atoms with Gasteiger partial charge in [0, 0.05) is 38.8 Å². The molecule has 0 radical (unpaired) electrons. The van der Waals surface area contributed by atoms with Gasteiger partial charge >= 0.3 is 0 Å². The Morgan fingerprint density at radius 3 is 2.50 bits per heavy atom. The number of carbonyl (C=O) groups excluding carboxylic acids is 2. The smallest absolute Gasteiger partial charge is 0.257 e. The van der Waals surface area contributed by atoms with E-state index in [0.717, 1.165) is 43.7 Å². The summed E-state index contributed by atoms with van der Waals surface area (Å²) in [6.45, 7) is 6.11. The number of nitrogens with zero attached hydrogens (tertiary/aromatic N) is 2. The van der Waals surface area contributed by atoms with Crippen molar-refractivity contribution < 1.29 is 19.1 Å². The number of hydrogen-bond donors (Lipinski definition) is 0. The van der Waals surface area contributed by atoms with E-state index in [1.54, 1.807) is 0 Å². The molecule has 3 saturated heterocycles. The number of carbonyl (C=O) groups is 2. The van der Waals surface area contributed by atoms with Crippen molar-refractivity contribution in [2.45, 2.75) is 37.7 Å². The van der Waals surface area contributed by atoms with Gasteiger partial charge in [0.05, 0.1) is 19.6 Å². The number of ether oxygens (including phenoxy) is 2. The van der Waals surface area contributed by atoms with Gasteiger partial charge in [0.2, 0.25) is 5.91 Å². The summed E-state index contributed by atoms with van der Waals surface area (Å²) in [5.41, 5.74) is 2.24. The molecule has 3 aliphatic heterocycles. The van der Waals surface area contributed by atoms with Crippen LogP contribution in [-0.2, 0) is 25.5 Å². The van der Waals surface area contributed by atoms with E-state index in [1.165, 1.54) is 5.56 Å². The van der Waals surface area contributed by atoms with Crippen LogP contribution in [0.2, 0.25) is 0 Å². The number of likely N-dealkylation sites (tertiary alicyclic amines) is 1. The number of hydrogen-bond acceptors (Lipinski definition) is 4. The molecule has 0 N–H and O–H groups in total. The van der Waals surface area contributed by atoms with E-state index >= 15 is 0 Å². The maximum Gasteiger partial charge on any atom is 0.257 e. The van der Waals surface area contributed by atoms with Crippen molar-refractivity contribution >= 4 is 11.8 Å². The Morgan fingerprint density at radius 1 is 1.03 bits per heavy atom. The highest BCUT2D eigenvalue weighted by Crippen LogP contribution is 2.42. The molecule has 180 valence electrons. The lowest BCUT2D eigenvalue weighted by Crippen LogP contribution is -2.59. The molecule has 34 heavy (non-hydrogen) atoms. The molecule has 2 aromatic rings. The van der Waals surface area contributed by atoms with Crippen molar-refractivity contribution in [1.82, 2.24) is 9.80 Å². The van der Waals surface area contributed by atoms with Crippen molar-refractivity contribution in [2.75, 3.05) is 46.0 Å². The fraction of sp³-hybridized carbons (Fsp3) is 0.500. The molecule has 3 fully saturated rings. The van der Waals surface area contributed by atoms with Gasteiger partial charge < -0.3 is 19.3 Å². The van der Waals surface area contributed by atoms with E-state index in [-0.39, 0.29) is 17.7 Å². The van der Waals surface area contributed by atoms with Crippen LogP contribution < -0.4 is 0 Å². The monoisotopic (exact) mass is 462 g/mol. The van der Waals surface area contributed by atoms with Crippen LogP contribution in [0.4, 0.5) is 0 Å². The van der Waals surface area contributed by atoms with Crippen LogP contribution >= 0.6 is 0 Å². The molecule has 2 atom stereocenters. The topological polar surface area (TPSA) is 59.1 Å². The van der Waals surface area contributed by atoms with Gasteiger partial charge in [-0.15, -0.1) is 0 Å². The normalized spacial score (nSPS) is 25.8. The van der Waals surface area contributed by atoms with Crippen LogP contribution in [0, 0.1) is 12.8 Å². The molecular weight excluding hydrogens is 428 g/mol. The number of rotatable bonds is 5. The molecular formula is C28H34N2O4. The zero-order valence-electron chi connectivity index (χ0n) is 19.9. The van der Waals surface area contributed by atoms with Crippen LogP contribution in [0.3, 0.4) is 0 Å². The third kappa shape index (κ3) is 4.62. The second kappa shape index (κ2) is 9.88. The summed E-state index contributed by atoms with van der Waals surface area (Å²) in [6.07, 6.45) is 2.30. The third-order valence-corrected chi connectivity index (χ3v) is 7.61. The van der Waals surface area contributed by atoms with E-state index in [4.69, 9.17) is 9.47 Å². The molecule has 2 amide bonds. The highest BCUT2D eigenvalue weighted by Gasteiger charge is 2.58. The van der Waals surface area contributed by atoms with Crippen molar-refractivity contribution in [1.29, 1.82) is 0 Å². The lowest BCUT2D eigenvalue weighted by molar-refractivity contribution is -0.167. The van der Waals surface area contributed by atoms with Crippen LogP contribution in [0.15, 0.2) is 54.6 Å². The molecule has 2 unspecified atom stereocenters. The molecule has 0 aromatic heterocycles. The van der Waals surface area contributed by atoms with Crippen molar-refractivity contribution in [2.24, 2.45) is 5.92 Å². The first-order valence-corrected chi connectivity index (χ1v) is 12.4. The number of amides is 2. The lowest BCUT2D eigenvalue weighted by Gasteiger charge is -2.42. The molecule has 5 rings (SSSR count). The van der Waals surface area contributed by atoms with Crippen LogP contribution in [0.1, 0.15) is 35.4 Å². The van der Waals surface area contributed by atoms with Crippen LogP contribution in [0.5, 0.6) is 0 Å². The fourth-order valence-corrected chi connectivity index (χ4v) is 5.62. The summed E-state index contributed by atoms with van der Waals surface area (Å²) in [5.74, 6) is 0.429. The Bertz CT molecular complexity index is 1000. The zero-order chi connectivity index (χ0) is 23.5. The minimum absolute atomic E-state index is 0.0284. The van der Waals surface area contributed by atoms with E-state index < -0.39 is 5.60 Å². The van der Waals surface area contributed by atoms with E-state index in [0.29, 0.717) is 38.6 Å². The summed E-state index contributed by atoms with van der Waals surface area (Å²) < 4.78 is 11.9. The van der Waals surface area contributed by atoms with Crippen molar-refractivity contribution in [3.05, 3.63) is 71.3 Å². The summed E-state index contributed by atoms with van der Waals surface area (Å²) >= 11 is 0. The van der Waals surface area contributed by atoms with E-state index in [9.17, 15) is 9.59 Å². The Kier molecular flexibility index (Phi) is 6.70. The largest absolute Gasteiger partial charge is 0.381 e. The molecule has 0 bridgehead atoms. The van der Waals surface area contributed by atoms with Gasteiger partial charge in [-0.1, -0.05) is 60.2 Å². The highest BCUT2D eigenvalue weighted by molar-refractivity contribution is 5.91. The average molecular weight is 463 g/mol. The SMILES string of the molecule is Cc1ccc(CC(=O)N2CCOC3(C2)C(=O)N(CC2CCOCC2)CC3c2ccccc2)cc1. The molecule has 6 heteroatoms. The predicted octanol–water partition coefficient (Wildman–Crippen LogP) is 3.19. The van der Waals surface area contributed by atoms with Gasteiger partial charge in [-0.3, -0.25) is 9.59 Å². The van der Waals surface area contributed by atoms with E-state index in [2.05, 4.69) is 12.1 Å². The van der Waals surface area contributed by atoms with Gasteiger partial charge in [0.15, 0.2) is 5.60 Å². The quantitative estimate of drug-likeness (QED) is 0.685. The van der Waals surface area contributed by atoms with Crippen LogP contribution in [0.25, 0.3) is 0 Å². The molecule has 0 aliphatic carbocycles. The minimum atomic E-state index is -1.02. The number of aryl methyl sites for hydroxylation is 1. The molecule has 2 aromatic carbocycles. The van der Waals surface area contributed by atoms with E-state index in [1.807, 2.05) is 59.2 Å². The van der Waals surface area contributed by atoms with Gasteiger partial charge in [-0.05, 0) is 36.8 Å². The van der Waals surface area contributed by atoms with Gasteiger partial charge in [-0.2, -0.15) is 0 Å². The van der Waals surface area contributed by atoms with Crippen molar-refractivity contribution in [3.8, 4) is 0 Å². The highest BCUT2D eigenvalue weighted by atomic mass is 16.5. The first-order valence-electron chi connectivity index (χ1n) is 12.4. The number of morpholine rings is 1. The molecule has 6 nitrogen and oxygen atoms in total. The summed E-state index contributed by atoms with van der Waals surface area (Å²) in [7, 11) is 0. The first-order chi connectivity index (χ1) is 16.5. The molecule has 3 heterocycles. The lowest BCUT2D eigenvalue weighted by atomic mass is 9.83. The fourth-order valence-electron chi connectivity index (χ4n) is 5.62. The summed E-state index contributed by atoms with van der Waals surface area (Å²) in [5, 5.41) is 0. The Hall–Kier alpha value is -2.70. The summed E-state index contributed by atoms with van der Waals surface area (Å²) in [4.78, 5) is 31.0. The average Bonchev–Trinajstić information content (AvgIpc) is 3.12. The zero-order valence-corrected chi connectivity index (χ0v) is 19.9. The standard InChI is InChI=1S/C28H34N2O4/c1-21-7-9-22(10-8-21)17-26(31)29-13-16-34-28(20-29)25(24-5-3-2-4-6-24)19-30(27(28)32)18-23-11-14-33-15-12-23/h2-10,23,25H,11-20H2,1H3. The first kappa shape index (κ1) is 23.1. The van der Waals surface area contributed by atoms with Gasteiger partial charge in [0.25, 0.3) is 5.91 Å². The van der Waals surface area contributed by atoms with Crippen molar-refractivity contribution in [3.63, 3.8) is 0 Å². The molecule has 3 aliphatic rings. The summed E-state index contributed by atoms with van der Waals surface area (Å²) in [6, 6.07) is 18.2. The Morgan fingerprint density at radius 2 is 1.76 bits per heavy atom. The Labute approximate surface area is 201 Å². The second-order valence-corrected chi connectivity index (χ2v) is 9.94. The minimum Gasteiger partial charge on any atom is -0.381 e. The molecule has 0 saturated carbocycles. The van der Waals surface area contributed by atoms with Crippen LogP contribution in [-0.4, -0.2) is 73.2 Å². The predicted molar refractivity (Wildman–Crippen MR) is 129 cm³/mol. The second-order valence-electron chi connectivity index (χ2n) is 9.94. The maximum absolute atomic E-state index is 13.9. The maximum atomic E-state index is 13.9. The third-order valence-electron chi connectivity index (χ3n) is 7.61. The van der Waals surface area contributed by atoms with Gasteiger partial charge in [-0.25, -0.2) is 0 Å². The Balaban J connectivity index is 1.38.